The van der Waals surface area contributed by atoms with Crippen molar-refractivity contribution in [1.82, 2.24) is 15.5 Å². The van der Waals surface area contributed by atoms with Gasteiger partial charge in [0.15, 0.2) is 0 Å². The first-order valence-corrected chi connectivity index (χ1v) is 7.18. The number of alkyl halides is 2. The third kappa shape index (κ3) is 2.36. The Morgan fingerprint density at radius 2 is 2.11 bits per heavy atom. The maximum atomic E-state index is 13.6. The molecule has 18 heavy (non-hydrogen) atoms. The van der Waals surface area contributed by atoms with Crippen LogP contribution in [-0.4, -0.2) is 47.8 Å². The second kappa shape index (κ2) is 5.72. The van der Waals surface area contributed by atoms with Gasteiger partial charge >= 0.3 is 0 Å². The second-order valence-corrected chi connectivity index (χ2v) is 5.22. The monoisotopic (exact) mass is 277 g/mol. The number of amides is 1. The lowest BCUT2D eigenvalue weighted by atomic mass is 9.80. The van der Waals surface area contributed by atoms with Crippen LogP contribution in [0.4, 0.5) is 4.39 Å². The third-order valence-electron chi connectivity index (χ3n) is 3.88. The molecule has 0 aromatic rings. The van der Waals surface area contributed by atoms with E-state index in [1.807, 2.05) is 13.8 Å². The summed E-state index contributed by atoms with van der Waals surface area (Å²) in [5, 5.41) is 6.01. The fourth-order valence-electron chi connectivity index (χ4n) is 3.22. The summed E-state index contributed by atoms with van der Waals surface area (Å²) in [6, 6.07) is 0.0806. The van der Waals surface area contributed by atoms with E-state index in [-0.39, 0.29) is 29.5 Å². The van der Waals surface area contributed by atoms with E-state index in [9.17, 15) is 9.18 Å². The fraction of sp³-hybridized carbons (Fsp3) is 0.917. The first-order chi connectivity index (χ1) is 8.66. The number of nitrogens with one attached hydrogen (secondary N) is 2. The number of hydrogen-bond acceptors (Lipinski definition) is 3. The largest absolute Gasteiger partial charge is 0.355 e. The summed E-state index contributed by atoms with van der Waals surface area (Å²) in [4.78, 5) is 13.9. The molecule has 2 N–H and O–H groups in total. The summed E-state index contributed by atoms with van der Waals surface area (Å²) in [6.07, 6.45) is -0.102. The Labute approximate surface area is 112 Å². The lowest BCUT2D eigenvalue weighted by Crippen LogP contribution is -2.50. The average Bonchev–Trinajstić information content (AvgIpc) is 2.55. The van der Waals surface area contributed by atoms with Crippen LogP contribution in [0.5, 0.6) is 0 Å². The van der Waals surface area contributed by atoms with Gasteiger partial charge in [-0.1, -0.05) is 25.4 Å². The van der Waals surface area contributed by atoms with Crippen LogP contribution in [0, 0.1) is 5.92 Å². The Hall–Kier alpha value is -0.390. The summed E-state index contributed by atoms with van der Waals surface area (Å²) >= 11 is 6.17. The fourth-order valence-corrected chi connectivity index (χ4v) is 3.61. The molecule has 1 saturated carbocycles. The van der Waals surface area contributed by atoms with Crippen LogP contribution >= 0.6 is 11.6 Å². The minimum absolute atomic E-state index is 0.0140. The molecular formula is C12H21ClFN3O. The second-order valence-electron chi connectivity index (χ2n) is 4.80. The lowest BCUT2D eigenvalue weighted by molar-refractivity contribution is -0.127. The Morgan fingerprint density at radius 3 is 2.83 bits per heavy atom. The van der Waals surface area contributed by atoms with Gasteiger partial charge in [0.2, 0.25) is 5.91 Å². The van der Waals surface area contributed by atoms with Crippen molar-refractivity contribution in [2.45, 2.75) is 50.6 Å². The van der Waals surface area contributed by atoms with E-state index in [0.717, 1.165) is 6.54 Å². The molecule has 6 heteroatoms. The van der Waals surface area contributed by atoms with Crippen molar-refractivity contribution in [2.24, 2.45) is 5.92 Å². The van der Waals surface area contributed by atoms with Gasteiger partial charge < -0.3 is 5.32 Å². The normalized spacial score (nSPS) is 43.3. The zero-order valence-electron chi connectivity index (χ0n) is 10.8. The number of halogens is 2. The molecule has 0 radical (unpaired) electrons. The molecule has 3 aliphatic rings. The number of rotatable bonds is 0. The molecule has 4 nitrogen and oxygen atoms in total. The standard InChI is InChI=1S/C10H15ClFN3O.C2H6/c11-10-14-7-4-5(12)3-6-8(7)15(10)2-1-13-9(6)16;1-2/h5-8,10,14H,1-4H2,(H,13,16);1-2H3. The van der Waals surface area contributed by atoms with Gasteiger partial charge in [-0.15, -0.1) is 0 Å². The highest BCUT2D eigenvalue weighted by Crippen LogP contribution is 2.37. The van der Waals surface area contributed by atoms with Crippen molar-refractivity contribution >= 4 is 17.5 Å². The molecule has 3 rings (SSSR count). The summed E-state index contributed by atoms with van der Waals surface area (Å²) in [5.74, 6) is -0.278. The number of carbonyl (C=O) groups excluding carboxylic acids is 1. The van der Waals surface area contributed by atoms with Gasteiger partial charge in [-0.05, 0) is 12.8 Å². The van der Waals surface area contributed by atoms with Crippen molar-refractivity contribution in [3.8, 4) is 0 Å². The Bertz CT molecular complexity index is 318. The molecule has 1 amide bonds. The molecule has 2 saturated heterocycles. The van der Waals surface area contributed by atoms with Gasteiger partial charge in [-0.3, -0.25) is 15.0 Å². The molecule has 2 heterocycles. The van der Waals surface area contributed by atoms with Gasteiger partial charge in [0, 0.05) is 25.2 Å². The van der Waals surface area contributed by atoms with E-state index in [0.29, 0.717) is 19.4 Å². The van der Waals surface area contributed by atoms with E-state index >= 15 is 0 Å². The quantitative estimate of drug-likeness (QED) is 0.514. The number of hydrogen-bond donors (Lipinski definition) is 2. The molecule has 1 aliphatic carbocycles. The molecular weight excluding hydrogens is 257 g/mol. The van der Waals surface area contributed by atoms with Crippen LogP contribution in [0.3, 0.4) is 0 Å². The molecule has 2 aliphatic heterocycles. The predicted molar refractivity (Wildman–Crippen MR) is 69.0 cm³/mol. The molecule has 3 fully saturated rings. The summed E-state index contributed by atoms with van der Waals surface area (Å²) in [7, 11) is 0. The topological polar surface area (TPSA) is 44.4 Å². The molecule has 0 spiro atoms. The molecule has 0 aromatic heterocycles. The molecule has 104 valence electrons. The van der Waals surface area contributed by atoms with Crippen LogP contribution in [0.15, 0.2) is 0 Å². The highest BCUT2D eigenvalue weighted by atomic mass is 35.5. The molecule has 0 bridgehead atoms. The van der Waals surface area contributed by atoms with E-state index < -0.39 is 6.17 Å². The minimum atomic E-state index is -0.897. The zero-order valence-corrected chi connectivity index (χ0v) is 11.6. The first kappa shape index (κ1) is 14.0. The molecule has 5 atom stereocenters. The summed E-state index contributed by atoms with van der Waals surface area (Å²) in [6.45, 7) is 5.34. The third-order valence-corrected chi connectivity index (χ3v) is 4.25. The van der Waals surface area contributed by atoms with Crippen LogP contribution in [0.1, 0.15) is 26.7 Å². The summed E-state index contributed by atoms with van der Waals surface area (Å²) in [5.41, 5.74) is -0.268. The summed E-state index contributed by atoms with van der Waals surface area (Å²) < 4.78 is 13.6. The maximum absolute atomic E-state index is 13.6. The molecule has 0 aromatic carbocycles. The van der Waals surface area contributed by atoms with E-state index in [1.54, 1.807) is 0 Å². The SMILES string of the molecule is CC.O=C1NCCN2C(Cl)NC3CC(F)CC1C32. The predicted octanol–water partition coefficient (Wildman–Crippen LogP) is 1.06. The van der Waals surface area contributed by atoms with Crippen LogP contribution < -0.4 is 10.6 Å². The van der Waals surface area contributed by atoms with Gasteiger partial charge in [-0.2, -0.15) is 0 Å². The number of carbonyl (C=O) groups is 1. The maximum Gasteiger partial charge on any atom is 0.224 e. The smallest absolute Gasteiger partial charge is 0.224 e. The van der Waals surface area contributed by atoms with Crippen molar-refractivity contribution in [3.05, 3.63) is 0 Å². The lowest BCUT2D eigenvalue weighted by Gasteiger charge is -2.36. The van der Waals surface area contributed by atoms with E-state index in [1.165, 1.54) is 0 Å². The van der Waals surface area contributed by atoms with Crippen LogP contribution in [-0.2, 0) is 4.79 Å². The van der Waals surface area contributed by atoms with Gasteiger partial charge in [0.25, 0.3) is 0 Å². The average molecular weight is 278 g/mol. The highest BCUT2D eigenvalue weighted by molar-refractivity contribution is 6.20. The van der Waals surface area contributed by atoms with Crippen LogP contribution in [0.25, 0.3) is 0 Å². The van der Waals surface area contributed by atoms with E-state index in [4.69, 9.17) is 11.6 Å². The van der Waals surface area contributed by atoms with Crippen molar-refractivity contribution in [1.29, 1.82) is 0 Å². The Kier molecular flexibility index (Phi) is 4.45. The van der Waals surface area contributed by atoms with Crippen molar-refractivity contribution < 1.29 is 9.18 Å². The van der Waals surface area contributed by atoms with Gasteiger partial charge in [0.05, 0.1) is 5.92 Å². The van der Waals surface area contributed by atoms with Gasteiger partial charge in [-0.25, -0.2) is 4.39 Å². The Balaban J connectivity index is 0.000000574. The minimum Gasteiger partial charge on any atom is -0.355 e. The molecule has 5 unspecified atom stereocenters. The Morgan fingerprint density at radius 1 is 1.39 bits per heavy atom. The first-order valence-electron chi connectivity index (χ1n) is 6.74. The van der Waals surface area contributed by atoms with Crippen molar-refractivity contribution in [3.63, 3.8) is 0 Å². The highest BCUT2D eigenvalue weighted by Gasteiger charge is 2.51. The van der Waals surface area contributed by atoms with Crippen molar-refractivity contribution in [2.75, 3.05) is 13.1 Å². The number of nitrogens with zero attached hydrogens (tertiary/aromatic N) is 1. The van der Waals surface area contributed by atoms with Crippen LogP contribution in [0.2, 0.25) is 0 Å². The zero-order chi connectivity index (χ0) is 13.3. The van der Waals surface area contributed by atoms with Gasteiger partial charge in [0.1, 0.15) is 11.8 Å². The van der Waals surface area contributed by atoms with E-state index in [2.05, 4.69) is 15.5 Å².